The number of carboxylic acid groups (broad SMARTS) is 1. The molecule has 0 saturated carbocycles. The Morgan fingerprint density at radius 2 is 2.26 bits per heavy atom. The number of nitrogens with one attached hydrogen (secondary N) is 1. The van der Waals surface area contributed by atoms with E-state index in [1.165, 1.54) is 12.4 Å². The minimum atomic E-state index is -0.930. The standard InChI is InChI=1S/C12H17N3O4/c1-2-4-9(11(17)18)7-14-10(16)8-15-6-3-5-13-12(15)19/h3,5-6,9H,2,4,7-8H2,1H3,(H,14,16)(H,17,18). The number of hydrogen-bond donors (Lipinski definition) is 2. The van der Waals surface area contributed by atoms with Gasteiger partial charge in [-0.2, -0.15) is 0 Å². The van der Waals surface area contributed by atoms with E-state index in [1.807, 2.05) is 6.92 Å². The molecule has 0 radical (unpaired) electrons. The highest BCUT2D eigenvalue weighted by molar-refractivity contribution is 5.77. The smallest absolute Gasteiger partial charge is 0.347 e. The van der Waals surface area contributed by atoms with E-state index in [1.54, 1.807) is 6.07 Å². The Balaban J connectivity index is 2.50. The van der Waals surface area contributed by atoms with Crippen molar-refractivity contribution >= 4 is 11.9 Å². The topological polar surface area (TPSA) is 101 Å². The second-order valence-corrected chi connectivity index (χ2v) is 4.16. The van der Waals surface area contributed by atoms with Crippen LogP contribution in [0.15, 0.2) is 23.3 Å². The molecule has 2 N–H and O–H groups in total. The largest absolute Gasteiger partial charge is 0.481 e. The summed E-state index contributed by atoms with van der Waals surface area (Å²) in [5, 5.41) is 11.5. The van der Waals surface area contributed by atoms with Gasteiger partial charge in [0.15, 0.2) is 0 Å². The lowest BCUT2D eigenvalue weighted by Crippen LogP contribution is -2.37. The summed E-state index contributed by atoms with van der Waals surface area (Å²) in [6, 6.07) is 1.55. The maximum Gasteiger partial charge on any atom is 0.347 e. The molecule has 104 valence electrons. The summed E-state index contributed by atoms with van der Waals surface area (Å²) in [4.78, 5) is 37.3. The van der Waals surface area contributed by atoms with E-state index in [2.05, 4.69) is 10.3 Å². The van der Waals surface area contributed by atoms with Gasteiger partial charge in [0, 0.05) is 18.9 Å². The van der Waals surface area contributed by atoms with Gasteiger partial charge in [-0.15, -0.1) is 0 Å². The molecule has 0 bridgehead atoms. The van der Waals surface area contributed by atoms with Gasteiger partial charge in [0.05, 0.1) is 5.92 Å². The number of amides is 1. The molecule has 19 heavy (non-hydrogen) atoms. The van der Waals surface area contributed by atoms with Gasteiger partial charge in [0.25, 0.3) is 0 Å². The zero-order chi connectivity index (χ0) is 14.3. The van der Waals surface area contributed by atoms with Crippen molar-refractivity contribution in [1.29, 1.82) is 0 Å². The van der Waals surface area contributed by atoms with E-state index in [-0.39, 0.29) is 13.1 Å². The van der Waals surface area contributed by atoms with E-state index in [0.717, 1.165) is 11.0 Å². The number of aliphatic carboxylic acids is 1. The monoisotopic (exact) mass is 267 g/mol. The quantitative estimate of drug-likeness (QED) is 0.716. The maximum absolute atomic E-state index is 11.6. The number of rotatable bonds is 7. The Bertz CT molecular complexity index is 498. The van der Waals surface area contributed by atoms with Crippen molar-refractivity contribution in [2.75, 3.05) is 6.54 Å². The highest BCUT2D eigenvalue weighted by Crippen LogP contribution is 2.04. The summed E-state index contributed by atoms with van der Waals surface area (Å²) in [6.07, 6.45) is 4.03. The van der Waals surface area contributed by atoms with E-state index >= 15 is 0 Å². The molecule has 0 aliphatic carbocycles. The van der Waals surface area contributed by atoms with E-state index in [4.69, 9.17) is 5.11 Å². The fraction of sp³-hybridized carbons (Fsp3) is 0.500. The molecule has 7 nitrogen and oxygen atoms in total. The molecule has 7 heteroatoms. The molecule has 0 aromatic carbocycles. The first-order valence-electron chi connectivity index (χ1n) is 6.05. The third-order valence-corrected chi connectivity index (χ3v) is 2.63. The van der Waals surface area contributed by atoms with Crippen molar-refractivity contribution < 1.29 is 14.7 Å². The van der Waals surface area contributed by atoms with Crippen molar-refractivity contribution in [1.82, 2.24) is 14.9 Å². The summed E-state index contributed by atoms with van der Waals surface area (Å²) in [5.74, 6) is -1.93. The van der Waals surface area contributed by atoms with E-state index in [0.29, 0.717) is 6.42 Å². The molecule has 1 rings (SSSR count). The molecule has 0 spiro atoms. The van der Waals surface area contributed by atoms with Crippen LogP contribution in [-0.2, 0) is 16.1 Å². The molecule has 0 saturated heterocycles. The molecule has 0 aliphatic rings. The molecule has 0 aliphatic heterocycles. The summed E-state index contributed by atoms with van der Waals surface area (Å²) >= 11 is 0. The van der Waals surface area contributed by atoms with Crippen LogP contribution in [-0.4, -0.2) is 33.1 Å². The Labute approximate surface area is 110 Å². The van der Waals surface area contributed by atoms with Crippen LogP contribution < -0.4 is 11.0 Å². The fourth-order valence-electron chi connectivity index (χ4n) is 1.62. The Kier molecular flexibility index (Phi) is 5.72. The molecule has 1 aromatic heterocycles. The zero-order valence-corrected chi connectivity index (χ0v) is 10.7. The van der Waals surface area contributed by atoms with Crippen LogP contribution in [0.3, 0.4) is 0 Å². The summed E-state index contributed by atoms with van der Waals surface area (Å²) in [7, 11) is 0. The van der Waals surface area contributed by atoms with E-state index in [9.17, 15) is 14.4 Å². The molecular formula is C12H17N3O4. The van der Waals surface area contributed by atoms with Gasteiger partial charge in [-0.3, -0.25) is 14.2 Å². The minimum absolute atomic E-state index is 0.0665. The molecule has 1 amide bonds. The first-order valence-corrected chi connectivity index (χ1v) is 6.05. The van der Waals surface area contributed by atoms with Crippen molar-refractivity contribution in [2.45, 2.75) is 26.3 Å². The Morgan fingerprint density at radius 3 is 2.84 bits per heavy atom. The summed E-state index contributed by atoms with van der Waals surface area (Å²) < 4.78 is 1.16. The maximum atomic E-state index is 11.6. The van der Waals surface area contributed by atoms with Gasteiger partial charge in [-0.25, -0.2) is 9.78 Å². The van der Waals surface area contributed by atoms with Crippen LogP contribution in [0.4, 0.5) is 0 Å². The van der Waals surface area contributed by atoms with Gasteiger partial charge < -0.3 is 10.4 Å². The van der Waals surface area contributed by atoms with E-state index < -0.39 is 23.5 Å². The van der Waals surface area contributed by atoms with Gasteiger partial charge >= 0.3 is 11.7 Å². The lowest BCUT2D eigenvalue weighted by Gasteiger charge is -2.12. The van der Waals surface area contributed by atoms with Crippen LogP contribution in [0.25, 0.3) is 0 Å². The third-order valence-electron chi connectivity index (χ3n) is 2.63. The molecule has 1 atom stereocenters. The molecule has 1 aromatic rings. The first-order chi connectivity index (χ1) is 9.04. The van der Waals surface area contributed by atoms with Gasteiger partial charge in [0.1, 0.15) is 6.54 Å². The van der Waals surface area contributed by atoms with Crippen LogP contribution >= 0.6 is 0 Å². The molecule has 1 unspecified atom stereocenters. The lowest BCUT2D eigenvalue weighted by molar-refractivity contribution is -0.141. The van der Waals surface area contributed by atoms with Crippen molar-refractivity contribution in [3.63, 3.8) is 0 Å². The number of aromatic nitrogens is 2. The number of carbonyl (C=O) groups excluding carboxylic acids is 1. The van der Waals surface area contributed by atoms with Crippen molar-refractivity contribution in [3.8, 4) is 0 Å². The molecule has 0 fully saturated rings. The highest BCUT2D eigenvalue weighted by Gasteiger charge is 2.17. The molecule has 1 heterocycles. The Morgan fingerprint density at radius 1 is 1.53 bits per heavy atom. The average Bonchev–Trinajstić information content (AvgIpc) is 2.37. The van der Waals surface area contributed by atoms with Gasteiger partial charge in [0.2, 0.25) is 5.91 Å². The second-order valence-electron chi connectivity index (χ2n) is 4.16. The predicted molar refractivity (Wildman–Crippen MR) is 67.5 cm³/mol. The SMILES string of the molecule is CCCC(CNC(=O)Cn1cccnc1=O)C(=O)O. The number of nitrogens with zero attached hydrogens (tertiary/aromatic N) is 2. The first kappa shape index (κ1) is 14.9. The van der Waals surface area contributed by atoms with Gasteiger partial charge in [-0.1, -0.05) is 13.3 Å². The highest BCUT2D eigenvalue weighted by atomic mass is 16.4. The normalized spacial score (nSPS) is 11.8. The molecular weight excluding hydrogens is 250 g/mol. The number of carbonyl (C=O) groups is 2. The summed E-state index contributed by atoms with van der Waals surface area (Å²) in [5.41, 5.74) is -0.513. The van der Waals surface area contributed by atoms with Crippen LogP contribution in [0, 0.1) is 5.92 Å². The average molecular weight is 267 g/mol. The third kappa shape index (κ3) is 4.90. The van der Waals surface area contributed by atoms with Crippen LogP contribution in [0.1, 0.15) is 19.8 Å². The fourth-order valence-corrected chi connectivity index (χ4v) is 1.62. The number of hydrogen-bond acceptors (Lipinski definition) is 4. The summed E-state index contributed by atoms with van der Waals surface area (Å²) in [6.45, 7) is 1.79. The lowest BCUT2D eigenvalue weighted by atomic mass is 10.0. The van der Waals surface area contributed by atoms with Crippen molar-refractivity contribution in [2.24, 2.45) is 5.92 Å². The minimum Gasteiger partial charge on any atom is -0.481 e. The number of carboxylic acids is 1. The predicted octanol–water partition coefficient (Wildman–Crippen LogP) is -0.140. The van der Waals surface area contributed by atoms with Crippen LogP contribution in [0.2, 0.25) is 0 Å². The second kappa shape index (κ2) is 7.30. The van der Waals surface area contributed by atoms with Crippen LogP contribution in [0.5, 0.6) is 0 Å². The zero-order valence-electron chi connectivity index (χ0n) is 10.7. The van der Waals surface area contributed by atoms with Gasteiger partial charge in [-0.05, 0) is 12.5 Å². The van der Waals surface area contributed by atoms with Crippen molar-refractivity contribution in [3.05, 3.63) is 28.9 Å². The Hall–Kier alpha value is -2.18.